The van der Waals surface area contributed by atoms with Crippen LogP contribution in [0.1, 0.15) is 148 Å². The Hall–Kier alpha value is 0.0569. The zero-order valence-corrected chi connectivity index (χ0v) is 26.8. The molecule has 0 heterocycles. The number of hydrogen-bond donors (Lipinski definition) is 0. The molecule has 0 N–H and O–H groups in total. The van der Waals surface area contributed by atoms with E-state index in [9.17, 15) is 0 Å². The van der Waals surface area contributed by atoms with Gasteiger partial charge in [-0.05, 0) is 32.1 Å². The van der Waals surface area contributed by atoms with Crippen molar-refractivity contribution in [2.24, 2.45) is 0 Å². The van der Waals surface area contributed by atoms with E-state index in [4.69, 9.17) is 13.3 Å². The van der Waals surface area contributed by atoms with Gasteiger partial charge >= 0.3 is 8.80 Å². The van der Waals surface area contributed by atoms with E-state index in [1.807, 2.05) is 0 Å². The highest BCUT2D eigenvalue weighted by Crippen LogP contribution is 2.19. The summed E-state index contributed by atoms with van der Waals surface area (Å²) in [6.45, 7) is 4.97. The van der Waals surface area contributed by atoms with Crippen molar-refractivity contribution < 1.29 is 17.8 Å². The van der Waals surface area contributed by atoms with Crippen LogP contribution >= 0.6 is 0 Å². The summed E-state index contributed by atoms with van der Waals surface area (Å²) in [6.07, 6.45) is 31.0. The Morgan fingerprint density at radius 2 is 0.694 bits per heavy atom. The first-order valence-electron chi connectivity index (χ1n) is 15.9. The van der Waals surface area contributed by atoms with Crippen molar-refractivity contribution in [2.75, 3.05) is 48.5 Å². The molecule has 0 unspecified atom stereocenters. The lowest BCUT2D eigenvalue weighted by atomic mass is 10.0. The minimum absolute atomic E-state index is 0.930. The maximum absolute atomic E-state index is 5.51. The van der Waals surface area contributed by atoms with Crippen LogP contribution in [0.4, 0.5) is 0 Å². The minimum atomic E-state index is -2.36. The molecule has 0 aliphatic rings. The molecule has 218 valence electrons. The molecule has 5 heteroatoms. The van der Waals surface area contributed by atoms with Gasteiger partial charge in [0.2, 0.25) is 0 Å². The number of unbranched alkanes of at least 4 members (excludes halogenated alkanes) is 20. The predicted molar refractivity (Wildman–Crippen MR) is 161 cm³/mol. The van der Waals surface area contributed by atoms with Gasteiger partial charge in [0.05, 0.1) is 27.2 Å². The molecule has 0 rings (SSSR count). The lowest BCUT2D eigenvalue weighted by Gasteiger charge is -2.30. The highest BCUT2D eigenvalue weighted by Gasteiger charge is 2.36. The van der Waals surface area contributed by atoms with Crippen LogP contribution in [0.15, 0.2) is 0 Å². The SMILES string of the molecule is CCCCCCCCCCCCCCCCCC[N+](C)(C)CCCCCCCC[Si](OC)(OC)OC. The highest BCUT2D eigenvalue weighted by atomic mass is 28.4. The van der Waals surface area contributed by atoms with Gasteiger partial charge in [0, 0.05) is 27.4 Å². The van der Waals surface area contributed by atoms with Crippen LogP contribution in [0.5, 0.6) is 0 Å². The van der Waals surface area contributed by atoms with Gasteiger partial charge in [0.25, 0.3) is 0 Å². The fraction of sp³-hybridized carbons (Fsp3) is 1.00. The van der Waals surface area contributed by atoms with Gasteiger partial charge in [0.1, 0.15) is 0 Å². The number of quaternary nitrogens is 1. The second-order valence-corrected chi connectivity index (χ2v) is 14.9. The van der Waals surface area contributed by atoms with Gasteiger partial charge < -0.3 is 17.8 Å². The van der Waals surface area contributed by atoms with Crippen molar-refractivity contribution in [3.63, 3.8) is 0 Å². The molecule has 0 saturated heterocycles. The number of nitrogens with zero attached hydrogens (tertiary/aromatic N) is 1. The number of hydrogen-bond acceptors (Lipinski definition) is 3. The quantitative estimate of drug-likeness (QED) is 0.0547. The van der Waals surface area contributed by atoms with Crippen LogP contribution in [-0.4, -0.2) is 61.8 Å². The maximum atomic E-state index is 5.51. The second kappa shape index (κ2) is 25.3. The molecule has 36 heavy (non-hydrogen) atoms. The van der Waals surface area contributed by atoms with E-state index in [0.717, 1.165) is 12.5 Å². The van der Waals surface area contributed by atoms with E-state index in [-0.39, 0.29) is 0 Å². The lowest BCUT2D eigenvalue weighted by Crippen LogP contribution is -2.42. The summed E-state index contributed by atoms with van der Waals surface area (Å²) in [4.78, 5) is 0. The summed E-state index contributed by atoms with van der Waals surface area (Å²) in [5.41, 5.74) is 0. The Balaban J connectivity index is 3.43. The average molecular weight is 531 g/mol. The maximum Gasteiger partial charge on any atom is 0.500 e. The topological polar surface area (TPSA) is 27.7 Å². The molecular formula is C31H68NO3Si+. The summed E-state index contributed by atoms with van der Waals surface area (Å²) in [5, 5.41) is 0. The fourth-order valence-electron chi connectivity index (χ4n) is 5.34. The van der Waals surface area contributed by atoms with Crippen LogP contribution in [0.2, 0.25) is 6.04 Å². The Kier molecular flexibility index (Phi) is 25.4. The van der Waals surface area contributed by atoms with Crippen LogP contribution in [-0.2, 0) is 13.3 Å². The first-order chi connectivity index (χ1) is 17.4. The molecule has 0 bridgehead atoms. The molecular weight excluding hydrogens is 462 g/mol. The van der Waals surface area contributed by atoms with Gasteiger partial charge in [-0.3, -0.25) is 0 Å². The smallest absolute Gasteiger partial charge is 0.377 e. The van der Waals surface area contributed by atoms with Gasteiger partial charge in [-0.25, -0.2) is 0 Å². The molecule has 0 fully saturated rings. The van der Waals surface area contributed by atoms with Crippen molar-refractivity contribution in [3.8, 4) is 0 Å². The molecule has 0 saturated carbocycles. The standard InChI is InChI=1S/C31H68NO3Si/c1-7-8-9-10-11-12-13-14-15-16-17-18-19-20-23-26-29-32(2,3)30-27-24-21-22-25-28-31-36(33-4,34-5)35-6/h7-31H2,1-6H3/q+1. The lowest BCUT2D eigenvalue weighted by molar-refractivity contribution is -0.890. The van der Waals surface area contributed by atoms with Gasteiger partial charge in [-0.15, -0.1) is 0 Å². The summed E-state index contributed by atoms with van der Waals surface area (Å²) >= 11 is 0. The van der Waals surface area contributed by atoms with Crippen LogP contribution in [0.25, 0.3) is 0 Å². The number of rotatable bonds is 29. The molecule has 0 radical (unpaired) electrons. The van der Waals surface area contributed by atoms with E-state index in [2.05, 4.69) is 21.0 Å². The fourth-order valence-corrected chi connectivity index (χ4v) is 7.14. The summed E-state index contributed by atoms with van der Waals surface area (Å²) in [6, 6.07) is 0.930. The monoisotopic (exact) mass is 530 g/mol. The second-order valence-electron chi connectivity index (χ2n) is 11.9. The largest absolute Gasteiger partial charge is 0.500 e. The van der Waals surface area contributed by atoms with Crippen LogP contribution in [0.3, 0.4) is 0 Å². The molecule has 0 aromatic rings. The minimum Gasteiger partial charge on any atom is -0.377 e. The summed E-state index contributed by atoms with van der Waals surface area (Å²) in [7, 11) is 7.62. The van der Waals surface area contributed by atoms with E-state index < -0.39 is 8.80 Å². The Labute approximate surface area is 229 Å². The predicted octanol–water partition coefficient (Wildman–Crippen LogP) is 9.54. The third-order valence-electron chi connectivity index (χ3n) is 8.05. The van der Waals surface area contributed by atoms with Crippen molar-refractivity contribution in [1.29, 1.82) is 0 Å². The Morgan fingerprint density at radius 1 is 0.417 bits per heavy atom. The summed E-state index contributed by atoms with van der Waals surface area (Å²) in [5.74, 6) is 0. The molecule has 0 amide bonds. The van der Waals surface area contributed by atoms with Gasteiger partial charge in [-0.1, -0.05) is 116 Å². The zero-order chi connectivity index (χ0) is 26.8. The van der Waals surface area contributed by atoms with Crippen LogP contribution in [0, 0.1) is 0 Å². The van der Waals surface area contributed by atoms with Crippen molar-refractivity contribution in [1.82, 2.24) is 0 Å². The van der Waals surface area contributed by atoms with Gasteiger partial charge in [-0.2, -0.15) is 0 Å². The average Bonchev–Trinajstić information content (AvgIpc) is 2.88. The molecule has 0 aliphatic heterocycles. The third-order valence-corrected chi connectivity index (χ3v) is 10.9. The molecule has 0 spiro atoms. The van der Waals surface area contributed by atoms with Crippen molar-refractivity contribution in [2.45, 2.75) is 154 Å². The first kappa shape index (κ1) is 36.1. The van der Waals surface area contributed by atoms with Crippen molar-refractivity contribution in [3.05, 3.63) is 0 Å². The van der Waals surface area contributed by atoms with Crippen molar-refractivity contribution >= 4 is 8.80 Å². The zero-order valence-electron chi connectivity index (χ0n) is 25.8. The van der Waals surface area contributed by atoms with Crippen LogP contribution < -0.4 is 0 Å². The molecule has 4 nitrogen and oxygen atoms in total. The van der Waals surface area contributed by atoms with E-state index in [1.54, 1.807) is 21.3 Å². The highest BCUT2D eigenvalue weighted by molar-refractivity contribution is 6.60. The van der Waals surface area contributed by atoms with E-state index in [1.165, 1.54) is 152 Å². The molecule has 0 aromatic heterocycles. The molecule has 0 atom stereocenters. The first-order valence-corrected chi connectivity index (χ1v) is 17.9. The Bertz CT molecular complexity index is 435. The van der Waals surface area contributed by atoms with E-state index in [0.29, 0.717) is 0 Å². The Morgan fingerprint density at radius 3 is 1.00 bits per heavy atom. The molecule has 0 aliphatic carbocycles. The van der Waals surface area contributed by atoms with Gasteiger partial charge in [0.15, 0.2) is 0 Å². The third kappa shape index (κ3) is 22.1. The normalized spacial score (nSPS) is 12.5. The summed E-state index contributed by atoms with van der Waals surface area (Å²) < 4.78 is 17.7. The molecule has 0 aromatic carbocycles. The van der Waals surface area contributed by atoms with E-state index >= 15 is 0 Å².